The van der Waals surface area contributed by atoms with Crippen LogP contribution in [0.2, 0.25) is 0 Å². The van der Waals surface area contributed by atoms with Gasteiger partial charge in [0.1, 0.15) is 6.29 Å². The molecule has 0 aromatic heterocycles. The number of aryl methyl sites for hydroxylation is 1. The van der Waals surface area contributed by atoms with Gasteiger partial charge >= 0.3 is 0 Å². The minimum absolute atomic E-state index is 0.344. The molecule has 1 aromatic carbocycles. The van der Waals surface area contributed by atoms with Gasteiger partial charge in [-0.25, -0.2) is 0 Å². The number of aldehydes is 1. The fourth-order valence-corrected chi connectivity index (χ4v) is 1.79. The van der Waals surface area contributed by atoms with Gasteiger partial charge in [0.25, 0.3) is 0 Å². The molecule has 0 N–H and O–H groups in total. The summed E-state index contributed by atoms with van der Waals surface area (Å²) in [5.41, 5.74) is 2.68. The lowest BCUT2D eigenvalue weighted by Crippen LogP contribution is -1.97. The van der Waals surface area contributed by atoms with Crippen molar-refractivity contribution in [2.24, 2.45) is 5.92 Å². The van der Waals surface area contributed by atoms with Crippen molar-refractivity contribution in [3.8, 4) is 0 Å². The molecule has 0 aliphatic rings. The Kier molecular flexibility index (Phi) is 5.24. The van der Waals surface area contributed by atoms with Crippen LogP contribution in [0.4, 0.5) is 0 Å². The number of carbonyl (C=O) groups excluding carboxylic acids is 1. The normalized spacial score (nSPS) is 12.8. The molecule has 0 saturated heterocycles. The van der Waals surface area contributed by atoms with Crippen molar-refractivity contribution < 1.29 is 4.79 Å². The van der Waals surface area contributed by atoms with Crippen LogP contribution >= 0.6 is 0 Å². The zero-order valence-corrected chi connectivity index (χ0v) is 10.6. The molecule has 1 heteroatoms. The molecule has 0 bridgehead atoms. The maximum absolute atomic E-state index is 10.5. The Hall–Kier alpha value is -1.11. The zero-order valence-electron chi connectivity index (χ0n) is 10.6. The standard InChI is InChI=1S/C15H22O/c1-12(2)7-8-14-5-4-6-15(11-14)13(3)9-10-16/h4-6,10-13H,7-9H2,1-3H3. The van der Waals surface area contributed by atoms with Crippen molar-refractivity contribution in [1.82, 2.24) is 0 Å². The van der Waals surface area contributed by atoms with E-state index in [1.807, 2.05) is 0 Å². The molecular formula is C15H22O. The van der Waals surface area contributed by atoms with E-state index in [9.17, 15) is 4.79 Å². The van der Waals surface area contributed by atoms with Gasteiger partial charge in [-0.15, -0.1) is 0 Å². The van der Waals surface area contributed by atoms with Crippen LogP contribution in [0.5, 0.6) is 0 Å². The summed E-state index contributed by atoms with van der Waals surface area (Å²) in [4.78, 5) is 10.5. The van der Waals surface area contributed by atoms with Gasteiger partial charge in [-0.1, -0.05) is 45.0 Å². The lowest BCUT2D eigenvalue weighted by Gasteiger charge is -2.11. The maximum Gasteiger partial charge on any atom is 0.120 e. The van der Waals surface area contributed by atoms with E-state index in [4.69, 9.17) is 0 Å². The van der Waals surface area contributed by atoms with Gasteiger partial charge in [0.2, 0.25) is 0 Å². The molecule has 1 aromatic rings. The number of carbonyl (C=O) groups is 1. The fraction of sp³-hybridized carbons (Fsp3) is 0.533. The molecule has 0 saturated carbocycles. The summed E-state index contributed by atoms with van der Waals surface area (Å²) in [6.07, 6.45) is 3.99. The summed E-state index contributed by atoms with van der Waals surface area (Å²) in [7, 11) is 0. The van der Waals surface area contributed by atoms with E-state index in [0.29, 0.717) is 12.3 Å². The molecule has 0 amide bonds. The fourth-order valence-electron chi connectivity index (χ4n) is 1.79. The number of benzene rings is 1. The molecular weight excluding hydrogens is 196 g/mol. The average molecular weight is 218 g/mol. The zero-order chi connectivity index (χ0) is 12.0. The van der Waals surface area contributed by atoms with Gasteiger partial charge < -0.3 is 4.79 Å². The van der Waals surface area contributed by atoms with Crippen molar-refractivity contribution in [3.05, 3.63) is 35.4 Å². The van der Waals surface area contributed by atoms with Crippen LogP contribution in [-0.2, 0) is 11.2 Å². The van der Waals surface area contributed by atoms with Crippen LogP contribution in [0.3, 0.4) is 0 Å². The molecule has 0 fully saturated rings. The van der Waals surface area contributed by atoms with Crippen LogP contribution in [-0.4, -0.2) is 6.29 Å². The van der Waals surface area contributed by atoms with Crippen LogP contribution in [0.1, 0.15) is 50.7 Å². The minimum Gasteiger partial charge on any atom is -0.303 e. The predicted molar refractivity (Wildman–Crippen MR) is 68.7 cm³/mol. The van der Waals surface area contributed by atoms with E-state index in [-0.39, 0.29) is 0 Å². The van der Waals surface area contributed by atoms with Crippen molar-refractivity contribution in [3.63, 3.8) is 0 Å². The lowest BCUT2D eigenvalue weighted by molar-refractivity contribution is -0.108. The van der Waals surface area contributed by atoms with Gasteiger partial charge in [-0.05, 0) is 35.8 Å². The third-order valence-corrected chi connectivity index (χ3v) is 2.98. The minimum atomic E-state index is 0.344. The van der Waals surface area contributed by atoms with Crippen molar-refractivity contribution in [1.29, 1.82) is 0 Å². The molecule has 0 aliphatic carbocycles. The highest BCUT2D eigenvalue weighted by molar-refractivity contribution is 5.51. The Bertz CT molecular complexity index is 328. The Morgan fingerprint density at radius 3 is 2.62 bits per heavy atom. The number of hydrogen-bond donors (Lipinski definition) is 0. The first-order valence-corrected chi connectivity index (χ1v) is 6.16. The highest BCUT2D eigenvalue weighted by Gasteiger charge is 2.05. The highest BCUT2D eigenvalue weighted by Crippen LogP contribution is 2.20. The van der Waals surface area contributed by atoms with Crippen LogP contribution in [0.15, 0.2) is 24.3 Å². The molecule has 0 aliphatic heterocycles. The molecule has 0 spiro atoms. The summed E-state index contributed by atoms with van der Waals surface area (Å²) < 4.78 is 0. The number of rotatable bonds is 6. The second-order valence-electron chi connectivity index (χ2n) is 4.98. The molecule has 1 atom stereocenters. The second kappa shape index (κ2) is 6.47. The molecule has 0 heterocycles. The maximum atomic E-state index is 10.5. The average Bonchev–Trinajstić information content (AvgIpc) is 2.27. The van der Waals surface area contributed by atoms with E-state index >= 15 is 0 Å². The smallest absolute Gasteiger partial charge is 0.120 e. The van der Waals surface area contributed by atoms with Gasteiger partial charge in [0.05, 0.1) is 0 Å². The van der Waals surface area contributed by atoms with Crippen LogP contribution in [0, 0.1) is 5.92 Å². The summed E-state index contributed by atoms with van der Waals surface area (Å²) in [6.45, 7) is 6.60. The Morgan fingerprint density at radius 2 is 2.00 bits per heavy atom. The van der Waals surface area contributed by atoms with Crippen LogP contribution < -0.4 is 0 Å². The summed E-state index contributed by atoms with van der Waals surface area (Å²) in [5.74, 6) is 1.09. The highest BCUT2D eigenvalue weighted by atomic mass is 16.1. The molecule has 1 nitrogen and oxygen atoms in total. The molecule has 0 radical (unpaired) electrons. The molecule has 16 heavy (non-hydrogen) atoms. The summed E-state index contributed by atoms with van der Waals surface area (Å²) in [5, 5.41) is 0. The topological polar surface area (TPSA) is 17.1 Å². The van der Waals surface area contributed by atoms with Crippen LogP contribution in [0.25, 0.3) is 0 Å². The van der Waals surface area contributed by atoms with E-state index < -0.39 is 0 Å². The first-order valence-electron chi connectivity index (χ1n) is 6.16. The second-order valence-corrected chi connectivity index (χ2v) is 4.98. The lowest BCUT2D eigenvalue weighted by atomic mass is 9.94. The summed E-state index contributed by atoms with van der Waals surface area (Å²) >= 11 is 0. The Labute approximate surface area is 98.9 Å². The monoisotopic (exact) mass is 218 g/mol. The van der Waals surface area contributed by atoms with Crippen molar-refractivity contribution >= 4 is 6.29 Å². The summed E-state index contributed by atoms with van der Waals surface area (Å²) in [6, 6.07) is 8.65. The Morgan fingerprint density at radius 1 is 1.25 bits per heavy atom. The van der Waals surface area contributed by atoms with E-state index in [1.54, 1.807) is 0 Å². The molecule has 88 valence electrons. The molecule has 1 unspecified atom stereocenters. The first kappa shape index (κ1) is 13.0. The van der Waals surface area contributed by atoms with E-state index in [0.717, 1.165) is 18.6 Å². The van der Waals surface area contributed by atoms with Gasteiger partial charge in [0, 0.05) is 6.42 Å². The third-order valence-electron chi connectivity index (χ3n) is 2.98. The first-order chi connectivity index (χ1) is 7.63. The number of hydrogen-bond acceptors (Lipinski definition) is 1. The third kappa shape index (κ3) is 4.18. The Balaban J connectivity index is 2.66. The van der Waals surface area contributed by atoms with Gasteiger partial charge in [0.15, 0.2) is 0 Å². The quantitative estimate of drug-likeness (QED) is 0.660. The van der Waals surface area contributed by atoms with E-state index in [1.165, 1.54) is 17.5 Å². The van der Waals surface area contributed by atoms with E-state index in [2.05, 4.69) is 45.0 Å². The van der Waals surface area contributed by atoms with Crippen molar-refractivity contribution in [2.75, 3.05) is 0 Å². The van der Waals surface area contributed by atoms with Crippen molar-refractivity contribution in [2.45, 2.75) is 46.0 Å². The van der Waals surface area contributed by atoms with Gasteiger partial charge in [-0.2, -0.15) is 0 Å². The largest absolute Gasteiger partial charge is 0.303 e. The molecule has 1 rings (SSSR count). The van der Waals surface area contributed by atoms with Gasteiger partial charge in [-0.3, -0.25) is 0 Å². The predicted octanol–water partition coefficient (Wildman–Crippen LogP) is 3.97. The SMILES string of the molecule is CC(C)CCc1cccc(C(C)CC=O)c1.